The SMILES string of the molecule is CN(C)C(=NCc1ccccc1)NCC1(c2cccc(F)c2)CCOCC1. The Morgan fingerprint density at radius 3 is 2.52 bits per heavy atom. The van der Waals surface area contributed by atoms with Gasteiger partial charge in [-0.2, -0.15) is 0 Å². The number of guanidine groups is 1. The van der Waals surface area contributed by atoms with Crippen molar-refractivity contribution in [3.05, 3.63) is 71.5 Å². The van der Waals surface area contributed by atoms with Crippen LogP contribution in [-0.4, -0.2) is 44.7 Å². The summed E-state index contributed by atoms with van der Waals surface area (Å²) < 4.78 is 19.4. The zero-order valence-corrected chi connectivity index (χ0v) is 16.1. The summed E-state index contributed by atoms with van der Waals surface area (Å²) in [5.41, 5.74) is 2.05. The van der Waals surface area contributed by atoms with E-state index in [0.29, 0.717) is 26.3 Å². The summed E-state index contributed by atoms with van der Waals surface area (Å²) in [6.45, 7) is 2.70. The van der Waals surface area contributed by atoms with E-state index < -0.39 is 0 Å². The van der Waals surface area contributed by atoms with Crippen molar-refractivity contribution >= 4 is 5.96 Å². The number of aliphatic imine (C=N–C) groups is 1. The minimum absolute atomic E-state index is 0.149. The lowest BCUT2D eigenvalue weighted by Gasteiger charge is -2.38. The van der Waals surface area contributed by atoms with Crippen LogP contribution in [0, 0.1) is 5.82 Å². The zero-order chi connectivity index (χ0) is 19.1. The molecule has 0 amide bonds. The summed E-state index contributed by atoms with van der Waals surface area (Å²) in [7, 11) is 3.96. The predicted octanol–water partition coefficient (Wildman–Crippen LogP) is 3.58. The molecule has 2 aromatic carbocycles. The van der Waals surface area contributed by atoms with Gasteiger partial charge in [0.1, 0.15) is 5.82 Å². The minimum atomic E-state index is -0.191. The highest BCUT2D eigenvalue weighted by atomic mass is 19.1. The molecule has 0 aliphatic carbocycles. The average Bonchev–Trinajstić information content (AvgIpc) is 2.69. The van der Waals surface area contributed by atoms with Crippen molar-refractivity contribution in [2.24, 2.45) is 4.99 Å². The van der Waals surface area contributed by atoms with Gasteiger partial charge < -0.3 is 15.0 Å². The number of hydrogen-bond acceptors (Lipinski definition) is 2. The number of ether oxygens (including phenoxy) is 1. The Morgan fingerprint density at radius 1 is 1.11 bits per heavy atom. The summed E-state index contributed by atoms with van der Waals surface area (Å²) in [5, 5.41) is 3.52. The van der Waals surface area contributed by atoms with Crippen molar-refractivity contribution in [1.29, 1.82) is 0 Å². The lowest BCUT2D eigenvalue weighted by atomic mass is 9.74. The smallest absolute Gasteiger partial charge is 0.193 e. The standard InChI is InChI=1S/C22H28FN3O/c1-26(2)21(24-16-18-7-4-3-5-8-18)25-17-22(11-13-27-14-12-22)19-9-6-10-20(23)15-19/h3-10,15H,11-14,16-17H2,1-2H3,(H,24,25). The lowest BCUT2D eigenvalue weighted by molar-refractivity contribution is 0.0511. The third-order valence-electron chi connectivity index (χ3n) is 5.15. The fourth-order valence-corrected chi connectivity index (χ4v) is 3.50. The maximum atomic E-state index is 13.8. The van der Waals surface area contributed by atoms with Crippen LogP contribution in [-0.2, 0) is 16.7 Å². The Hall–Kier alpha value is -2.40. The van der Waals surface area contributed by atoms with E-state index in [1.165, 1.54) is 11.6 Å². The second-order valence-corrected chi connectivity index (χ2v) is 7.28. The molecule has 0 bridgehead atoms. The summed E-state index contributed by atoms with van der Waals surface area (Å²) in [4.78, 5) is 6.73. The summed E-state index contributed by atoms with van der Waals surface area (Å²) >= 11 is 0. The van der Waals surface area contributed by atoms with E-state index in [1.54, 1.807) is 12.1 Å². The van der Waals surface area contributed by atoms with Gasteiger partial charge in [-0.1, -0.05) is 42.5 Å². The van der Waals surface area contributed by atoms with Gasteiger partial charge in [0.25, 0.3) is 0 Å². The Kier molecular flexibility index (Phi) is 6.45. The number of halogens is 1. The van der Waals surface area contributed by atoms with Crippen LogP contribution >= 0.6 is 0 Å². The number of benzene rings is 2. The predicted molar refractivity (Wildman–Crippen MR) is 107 cm³/mol. The Balaban J connectivity index is 1.76. The fourth-order valence-electron chi connectivity index (χ4n) is 3.50. The quantitative estimate of drug-likeness (QED) is 0.647. The molecular formula is C22H28FN3O. The molecule has 1 aliphatic heterocycles. The van der Waals surface area contributed by atoms with Gasteiger partial charge in [-0.15, -0.1) is 0 Å². The van der Waals surface area contributed by atoms with Crippen LogP contribution in [0.2, 0.25) is 0 Å². The molecule has 1 heterocycles. The fraction of sp³-hybridized carbons (Fsp3) is 0.409. The molecule has 144 valence electrons. The summed E-state index contributed by atoms with van der Waals surface area (Å²) in [6, 6.07) is 17.2. The normalized spacial score (nSPS) is 16.8. The maximum absolute atomic E-state index is 13.8. The van der Waals surface area contributed by atoms with Crippen LogP contribution in [0.1, 0.15) is 24.0 Å². The van der Waals surface area contributed by atoms with Gasteiger partial charge in [0, 0.05) is 39.3 Å². The van der Waals surface area contributed by atoms with Crippen molar-refractivity contribution in [1.82, 2.24) is 10.2 Å². The topological polar surface area (TPSA) is 36.9 Å². The third-order valence-corrected chi connectivity index (χ3v) is 5.15. The lowest BCUT2D eigenvalue weighted by Crippen LogP contribution is -2.47. The molecule has 0 unspecified atom stereocenters. The highest BCUT2D eigenvalue weighted by molar-refractivity contribution is 5.79. The van der Waals surface area contributed by atoms with Gasteiger partial charge in [-0.3, -0.25) is 0 Å². The molecule has 0 saturated carbocycles. The van der Waals surface area contributed by atoms with Crippen molar-refractivity contribution in [2.45, 2.75) is 24.8 Å². The van der Waals surface area contributed by atoms with Crippen LogP contribution in [0.3, 0.4) is 0 Å². The Bertz CT molecular complexity index is 755. The molecule has 0 aromatic heterocycles. The molecule has 0 spiro atoms. The van der Waals surface area contributed by atoms with E-state index in [0.717, 1.165) is 24.4 Å². The van der Waals surface area contributed by atoms with Crippen LogP contribution in [0.4, 0.5) is 4.39 Å². The van der Waals surface area contributed by atoms with Crippen molar-refractivity contribution < 1.29 is 9.13 Å². The van der Waals surface area contributed by atoms with Gasteiger partial charge in [-0.25, -0.2) is 9.38 Å². The van der Waals surface area contributed by atoms with Gasteiger partial charge >= 0.3 is 0 Å². The molecule has 1 fully saturated rings. The second kappa shape index (κ2) is 9.00. The summed E-state index contributed by atoms with van der Waals surface area (Å²) in [6.07, 6.45) is 1.73. The first-order valence-electron chi connectivity index (χ1n) is 9.42. The largest absolute Gasteiger partial charge is 0.381 e. The van der Waals surface area contributed by atoms with E-state index in [1.807, 2.05) is 43.3 Å². The van der Waals surface area contributed by atoms with Gasteiger partial charge in [-0.05, 0) is 36.1 Å². The molecule has 3 rings (SSSR count). The number of nitrogens with zero attached hydrogens (tertiary/aromatic N) is 2. The Labute approximate surface area is 161 Å². The molecule has 5 heteroatoms. The Morgan fingerprint density at radius 2 is 1.85 bits per heavy atom. The van der Waals surface area contributed by atoms with E-state index >= 15 is 0 Å². The molecule has 0 atom stereocenters. The highest BCUT2D eigenvalue weighted by Crippen LogP contribution is 2.34. The van der Waals surface area contributed by atoms with Gasteiger partial charge in [0.2, 0.25) is 0 Å². The minimum Gasteiger partial charge on any atom is -0.381 e. The molecule has 1 aliphatic rings. The molecule has 27 heavy (non-hydrogen) atoms. The van der Waals surface area contributed by atoms with Gasteiger partial charge in [0.05, 0.1) is 6.54 Å². The van der Waals surface area contributed by atoms with Crippen molar-refractivity contribution in [3.63, 3.8) is 0 Å². The molecule has 2 aromatic rings. The molecular weight excluding hydrogens is 341 g/mol. The average molecular weight is 369 g/mol. The first-order valence-corrected chi connectivity index (χ1v) is 9.42. The third kappa shape index (κ3) is 5.07. The van der Waals surface area contributed by atoms with Crippen molar-refractivity contribution in [3.8, 4) is 0 Å². The summed E-state index contributed by atoms with van der Waals surface area (Å²) in [5.74, 6) is 0.644. The van der Waals surface area contributed by atoms with Crippen LogP contribution in [0.5, 0.6) is 0 Å². The van der Waals surface area contributed by atoms with E-state index in [-0.39, 0.29) is 11.2 Å². The number of nitrogens with one attached hydrogen (secondary N) is 1. The molecule has 4 nitrogen and oxygen atoms in total. The van der Waals surface area contributed by atoms with E-state index in [4.69, 9.17) is 9.73 Å². The van der Waals surface area contributed by atoms with Crippen LogP contribution in [0.15, 0.2) is 59.6 Å². The second-order valence-electron chi connectivity index (χ2n) is 7.28. The van der Waals surface area contributed by atoms with E-state index in [9.17, 15) is 4.39 Å². The monoisotopic (exact) mass is 369 g/mol. The van der Waals surface area contributed by atoms with Crippen molar-refractivity contribution in [2.75, 3.05) is 33.9 Å². The van der Waals surface area contributed by atoms with Crippen LogP contribution in [0.25, 0.3) is 0 Å². The number of hydrogen-bond donors (Lipinski definition) is 1. The van der Waals surface area contributed by atoms with Gasteiger partial charge in [0.15, 0.2) is 5.96 Å². The molecule has 0 radical (unpaired) electrons. The molecule has 1 N–H and O–H groups in total. The number of rotatable bonds is 5. The highest BCUT2D eigenvalue weighted by Gasteiger charge is 2.35. The molecule has 1 saturated heterocycles. The first kappa shape index (κ1) is 19.4. The van der Waals surface area contributed by atoms with Crippen LogP contribution < -0.4 is 5.32 Å². The zero-order valence-electron chi connectivity index (χ0n) is 16.1. The first-order chi connectivity index (χ1) is 13.1. The maximum Gasteiger partial charge on any atom is 0.193 e. The van der Waals surface area contributed by atoms with E-state index in [2.05, 4.69) is 17.4 Å².